The summed E-state index contributed by atoms with van der Waals surface area (Å²) in [6.07, 6.45) is 3.57. The zero-order chi connectivity index (χ0) is 25.9. The van der Waals surface area contributed by atoms with E-state index in [4.69, 9.17) is 4.74 Å². The summed E-state index contributed by atoms with van der Waals surface area (Å²) in [5.74, 6) is 0.171. The lowest BCUT2D eigenvalue weighted by Gasteiger charge is -2.34. The molecule has 2 unspecified atom stereocenters. The largest absolute Gasteiger partial charge is 0.444 e. The van der Waals surface area contributed by atoms with Gasteiger partial charge in [0, 0.05) is 13.1 Å². The highest BCUT2D eigenvalue weighted by molar-refractivity contribution is 7.98. The van der Waals surface area contributed by atoms with Gasteiger partial charge >= 0.3 is 6.09 Å². The van der Waals surface area contributed by atoms with E-state index in [-0.39, 0.29) is 11.8 Å². The molecule has 0 bridgehead atoms. The number of ether oxygens (including phenoxy) is 1. The van der Waals surface area contributed by atoms with E-state index in [0.717, 1.165) is 29.5 Å². The molecule has 0 saturated carbocycles. The normalized spacial score (nSPS) is 13.1. The molecule has 0 radical (unpaired) electrons. The van der Waals surface area contributed by atoms with Crippen LogP contribution in [0.2, 0.25) is 0 Å². The molecular weight excluding hydrogens is 450 g/mol. The highest BCUT2D eigenvalue weighted by Crippen LogP contribution is 2.25. The van der Waals surface area contributed by atoms with Crippen LogP contribution >= 0.6 is 11.8 Å². The molecule has 1 aromatic rings. The molecule has 8 heteroatoms. The van der Waals surface area contributed by atoms with E-state index in [2.05, 4.69) is 17.6 Å². The van der Waals surface area contributed by atoms with E-state index in [0.29, 0.717) is 25.3 Å². The Kier molecular flexibility index (Phi) is 12.5. The number of aryl methyl sites for hydroxylation is 2. The van der Waals surface area contributed by atoms with Gasteiger partial charge in [0.1, 0.15) is 17.7 Å². The fraction of sp³-hybridized carbons (Fsp3) is 0.654. The Morgan fingerprint density at radius 3 is 2.32 bits per heavy atom. The van der Waals surface area contributed by atoms with E-state index >= 15 is 0 Å². The minimum Gasteiger partial charge on any atom is -0.444 e. The molecule has 0 aliphatic carbocycles. The average molecular weight is 494 g/mol. The van der Waals surface area contributed by atoms with Gasteiger partial charge in [0.05, 0.1) is 0 Å². The minimum absolute atomic E-state index is 0.215. The highest BCUT2D eigenvalue weighted by atomic mass is 32.2. The van der Waals surface area contributed by atoms with Gasteiger partial charge in [-0.1, -0.05) is 31.5 Å². The van der Waals surface area contributed by atoms with Crippen LogP contribution in [0.15, 0.2) is 18.2 Å². The van der Waals surface area contributed by atoms with Crippen molar-refractivity contribution in [3.8, 4) is 0 Å². The summed E-state index contributed by atoms with van der Waals surface area (Å²) < 4.78 is 5.39. The molecule has 34 heavy (non-hydrogen) atoms. The molecule has 0 aromatic heterocycles. The molecule has 7 nitrogen and oxygen atoms in total. The van der Waals surface area contributed by atoms with Crippen LogP contribution in [-0.2, 0) is 14.3 Å². The maximum Gasteiger partial charge on any atom is 0.408 e. The van der Waals surface area contributed by atoms with Crippen molar-refractivity contribution in [2.45, 2.75) is 85.4 Å². The molecule has 0 fully saturated rings. The molecule has 1 aromatic carbocycles. The molecule has 0 saturated heterocycles. The van der Waals surface area contributed by atoms with Gasteiger partial charge < -0.3 is 20.3 Å². The number of benzene rings is 1. The topological polar surface area (TPSA) is 87.7 Å². The first-order valence-corrected chi connectivity index (χ1v) is 13.5. The standard InChI is InChI=1S/C26H43N3O4S/c1-9-11-15-27-23(30)22(20-13-12-18(3)19(4)17-20)29(10-2)24(31)21(14-16-34-8)28-25(32)33-26(5,6)7/h12-13,17,21-22H,9-11,14-16H2,1-8H3,(H,27,30)(H,28,32). The van der Waals surface area contributed by atoms with Gasteiger partial charge in [0.15, 0.2) is 0 Å². The third-order valence-electron chi connectivity index (χ3n) is 5.46. The fourth-order valence-electron chi connectivity index (χ4n) is 3.50. The zero-order valence-corrected chi connectivity index (χ0v) is 22.9. The zero-order valence-electron chi connectivity index (χ0n) is 22.1. The highest BCUT2D eigenvalue weighted by Gasteiger charge is 2.35. The Balaban J connectivity index is 3.32. The van der Waals surface area contributed by atoms with Crippen LogP contribution < -0.4 is 10.6 Å². The maximum absolute atomic E-state index is 13.7. The van der Waals surface area contributed by atoms with Crippen LogP contribution in [-0.4, -0.2) is 59.5 Å². The maximum atomic E-state index is 13.7. The predicted molar refractivity (Wildman–Crippen MR) is 140 cm³/mol. The van der Waals surface area contributed by atoms with Crippen molar-refractivity contribution in [1.29, 1.82) is 0 Å². The molecule has 1 rings (SSSR count). The Morgan fingerprint density at radius 2 is 1.79 bits per heavy atom. The van der Waals surface area contributed by atoms with Crippen molar-refractivity contribution >= 4 is 29.7 Å². The minimum atomic E-state index is -0.792. The number of likely N-dealkylation sites (N-methyl/N-ethyl adjacent to an activating group) is 1. The number of carbonyl (C=O) groups excluding carboxylic acids is 3. The number of hydrogen-bond acceptors (Lipinski definition) is 5. The quantitative estimate of drug-likeness (QED) is 0.410. The van der Waals surface area contributed by atoms with Gasteiger partial charge in [-0.3, -0.25) is 9.59 Å². The third kappa shape index (κ3) is 9.57. The first-order valence-electron chi connectivity index (χ1n) is 12.1. The lowest BCUT2D eigenvalue weighted by molar-refractivity contribution is -0.142. The van der Waals surface area contributed by atoms with E-state index in [1.807, 2.05) is 45.2 Å². The summed E-state index contributed by atoms with van der Waals surface area (Å²) >= 11 is 1.59. The molecule has 0 heterocycles. The van der Waals surface area contributed by atoms with Gasteiger partial charge in [-0.05, 0) is 83.1 Å². The van der Waals surface area contributed by atoms with Crippen LogP contribution in [0.3, 0.4) is 0 Å². The molecule has 0 aliphatic rings. The summed E-state index contributed by atoms with van der Waals surface area (Å²) in [4.78, 5) is 41.1. The van der Waals surface area contributed by atoms with Gasteiger partial charge in [0.2, 0.25) is 11.8 Å². The number of nitrogens with one attached hydrogen (secondary N) is 2. The van der Waals surface area contributed by atoms with Crippen LogP contribution in [0.4, 0.5) is 4.79 Å². The van der Waals surface area contributed by atoms with Gasteiger partial charge in [0.25, 0.3) is 0 Å². The number of thioether (sulfide) groups is 1. The molecule has 2 N–H and O–H groups in total. The van der Waals surface area contributed by atoms with E-state index in [1.54, 1.807) is 37.4 Å². The van der Waals surface area contributed by atoms with Gasteiger partial charge in [-0.25, -0.2) is 4.79 Å². The number of nitrogens with zero attached hydrogens (tertiary/aromatic N) is 1. The molecule has 0 aliphatic heterocycles. The molecule has 0 spiro atoms. The molecule has 3 amide bonds. The van der Waals surface area contributed by atoms with Crippen LogP contribution in [0.1, 0.15) is 76.6 Å². The van der Waals surface area contributed by atoms with Crippen LogP contribution in [0.25, 0.3) is 0 Å². The van der Waals surface area contributed by atoms with Crippen molar-refractivity contribution in [3.63, 3.8) is 0 Å². The van der Waals surface area contributed by atoms with Gasteiger partial charge in [-0.15, -0.1) is 0 Å². The Hall–Kier alpha value is -2.22. The number of alkyl carbamates (subject to hydrolysis) is 1. The van der Waals surface area contributed by atoms with E-state index < -0.39 is 23.8 Å². The van der Waals surface area contributed by atoms with Gasteiger partial charge in [-0.2, -0.15) is 11.8 Å². The van der Waals surface area contributed by atoms with Crippen molar-refractivity contribution < 1.29 is 19.1 Å². The summed E-state index contributed by atoms with van der Waals surface area (Å²) in [7, 11) is 0. The molecular formula is C26H43N3O4S. The third-order valence-corrected chi connectivity index (χ3v) is 6.10. The molecule has 192 valence electrons. The predicted octanol–water partition coefficient (Wildman–Crippen LogP) is 4.76. The van der Waals surface area contributed by atoms with Crippen molar-refractivity contribution in [3.05, 3.63) is 34.9 Å². The fourth-order valence-corrected chi connectivity index (χ4v) is 3.97. The van der Waals surface area contributed by atoms with Crippen molar-refractivity contribution in [1.82, 2.24) is 15.5 Å². The number of hydrogen-bond donors (Lipinski definition) is 2. The number of rotatable bonds is 12. The van der Waals surface area contributed by atoms with E-state index in [1.165, 1.54) is 0 Å². The summed E-state index contributed by atoms with van der Waals surface area (Å²) in [6.45, 7) is 14.1. The summed E-state index contributed by atoms with van der Waals surface area (Å²) in [5, 5.41) is 5.73. The van der Waals surface area contributed by atoms with Crippen molar-refractivity contribution in [2.24, 2.45) is 0 Å². The lowest BCUT2D eigenvalue weighted by atomic mass is 9.98. The summed E-state index contributed by atoms with van der Waals surface area (Å²) in [6, 6.07) is 4.26. The first kappa shape index (κ1) is 29.8. The van der Waals surface area contributed by atoms with E-state index in [9.17, 15) is 14.4 Å². The second kappa shape index (κ2) is 14.2. The lowest BCUT2D eigenvalue weighted by Crippen LogP contribution is -2.53. The van der Waals surface area contributed by atoms with Crippen molar-refractivity contribution in [2.75, 3.05) is 25.1 Å². The Morgan fingerprint density at radius 1 is 1.12 bits per heavy atom. The Labute approximate surface area is 209 Å². The smallest absolute Gasteiger partial charge is 0.408 e. The van der Waals surface area contributed by atoms with Crippen LogP contribution in [0.5, 0.6) is 0 Å². The second-order valence-corrected chi connectivity index (χ2v) is 10.5. The molecule has 2 atom stereocenters. The SMILES string of the molecule is CCCCNC(=O)C(c1ccc(C)c(C)c1)N(CC)C(=O)C(CCSC)NC(=O)OC(C)(C)C. The number of unbranched alkanes of at least 4 members (excludes halogenated alkanes) is 1. The Bertz CT molecular complexity index is 823. The monoisotopic (exact) mass is 493 g/mol. The van der Waals surface area contributed by atoms with Crippen LogP contribution in [0, 0.1) is 13.8 Å². The number of carbonyl (C=O) groups is 3. The number of amides is 3. The second-order valence-electron chi connectivity index (χ2n) is 9.50. The summed E-state index contributed by atoms with van der Waals surface area (Å²) in [5.41, 5.74) is 2.25. The first-order chi connectivity index (χ1) is 15.9. The average Bonchev–Trinajstić information content (AvgIpc) is 2.75.